The first-order valence-corrected chi connectivity index (χ1v) is 13.4. The van der Waals surface area contributed by atoms with E-state index in [1.807, 2.05) is 43.3 Å². The first-order valence-electron chi connectivity index (χ1n) is 11.5. The predicted molar refractivity (Wildman–Crippen MR) is 133 cm³/mol. The van der Waals surface area contributed by atoms with Crippen LogP contribution in [0.25, 0.3) is 0 Å². The number of ether oxygens (including phenoxy) is 1. The van der Waals surface area contributed by atoms with Crippen LogP contribution in [-0.2, 0) is 23.5 Å². The zero-order chi connectivity index (χ0) is 24.9. The van der Waals surface area contributed by atoms with E-state index in [-0.39, 0.29) is 22.9 Å². The van der Waals surface area contributed by atoms with Crippen LogP contribution in [0.4, 0.5) is 0 Å². The Morgan fingerprint density at radius 3 is 2.00 bits per heavy atom. The fourth-order valence-electron chi connectivity index (χ4n) is 4.53. The van der Waals surface area contributed by atoms with E-state index < -0.39 is 32.8 Å². The van der Waals surface area contributed by atoms with Crippen molar-refractivity contribution in [2.75, 3.05) is 13.2 Å². The Morgan fingerprint density at radius 2 is 1.56 bits per heavy atom. The molecule has 1 heterocycles. The van der Waals surface area contributed by atoms with Crippen molar-refractivity contribution in [1.29, 1.82) is 0 Å². The minimum atomic E-state index is -2.70. The quantitative estimate of drug-likeness (QED) is 0.323. The molecule has 0 radical (unpaired) electrons. The van der Waals surface area contributed by atoms with Gasteiger partial charge in [0, 0.05) is 19.4 Å². The third kappa shape index (κ3) is 5.39. The molecule has 2 amide bonds. The predicted octanol–water partition coefficient (Wildman–Crippen LogP) is 1.75. The maximum atomic E-state index is 12.2. The van der Waals surface area contributed by atoms with Gasteiger partial charge in [-0.15, -0.1) is 0 Å². The van der Waals surface area contributed by atoms with Crippen LogP contribution in [0.3, 0.4) is 0 Å². The van der Waals surface area contributed by atoms with Gasteiger partial charge in [0.05, 0.1) is 6.04 Å². The molecule has 0 saturated carbocycles. The molecule has 2 aromatic rings. The van der Waals surface area contributed by atoms with Crippen molar-refractivity contribution in [3.63, 3.8) is 0 Å². The molecule has 3 rings (SSSR count). The highest BCUT2D eigenvalue weighted by Crippen LogP contribution is 2.37. The molecule has 1 aliphatic heterocycles. The van der Waals surface area contributed by atoms with E-state index in [1.54, 1.807) is 0 Å². The summed E-state index contributed by atoms with van der Waals surface area (Å²) in [5, 5.41) is 7.78. The largest absolute Gasteiger partial charge is 0.456 e. The van der Waals surface area contributed by atoms with Gasteiger partial charge in [0.2, 0.25) is 5.91 Å². The van der Waals surface area contributed by atoms with Crippen LogP contribution in [0.5, 0.6) is 0 Å². The highest BCUT2D eigenvalue weighted by atomic mass is 28.4. The molecule has 2 aromatic carbocycles. The van der Waals surface area contributed by atoms with Crippen LogP contribution in [-0.4, -0.2) is 51.4 Å². The second-order valence-corrected chi connectivity index (χ2v) is 14.1. The maximum Gasteiger partial charge on any atom is 0.303 e. The number of carbonyl (C=O) groups is 3. The molecular weight excluding hydrogens is 448 g/mol. The summed E-state index contributed by atoms with van der Waals surface area (Å²) in [5.74, 6) is -1.35. The molecule has 0 bridgehead atoms. The summed E-state index contributed by atoms with van der Waals surface area (Å²) in [5.41, 5.74) is 0. The van der Waals surface area contributed by atoms with Gasteiger partial charge in [-0.3, -0.25) is 14.4 Å². The molecule has 1 fully saturated rings. The van der Waals surface area contributed by atoms with Crippen molar-refractivity contribution in [2.24, 2.45) is 5.92 Å². The lowest BCUT2D eigenvalue weighted by Gasteiger charge is -2.45. The molecule has 0 unspecified atom stereocenters. The Hall–Kier alpha value is -2.97. The molecular formula is C26H34N2O5Si. The normalized spacial score (nSPS) is 18.9. The van der Waals surface area contributed by atoms with Crippen molar-refractivity contribution in [3.8, 4) is 0 Å². The average molecular weight is 483 g/mol. The van der Waals surface area contributed by atoms with E-state index in [4.69, 9.17) is 9.16 Å². The third-order valence-electron chi connectivity index (χ3n) is 6.27. The van der Waals surface area contributed by atoms with Gasteiger partial charge >= 0.3 is 5.97 Å². The van der Waals surface area contributed by atoms with Crippen LogP contribution in [0, 0.1) is 5.92 Å². The van der Waals surface area contributed by atoms with Gasteiger partial charge in [-0.2, -0.15) is 0 Å². The highest BCUT2D eigenvalue weighted by molar-refractivity contribution is 6.99. The molecule has 0 spiro atoms. The van der Waals surface area contributed by atoms with Gasteiger partial charge in [0.15, 0.2) is 6.61 Å². The Bertz CT molecular complexity index is 967. The fraction of sp³-hybridized carbons (Fsp3) is 0.423. The SMILES string of the molecule is CC(=O)OCC(=O)N[C@@H]1C(=O)N[C@@H]1[C@H](C)CO[Si](c1ccccc1)(c1ccccc1)C(C)(C)C. The summed E-state index contributed by atoms with van der Waals surface area (Å²) >= 11 is 0. The second kappa shape index (κ2) is 10.5. The number of nitrogens with one attached hydrogen (secondary N) is 2. The zero-order valence-electron chi connectivity index (χ0n) is 20.5. The summed E-state index contributed by atoms with van der Waals surface area (Å²) in [6, 6.07) is 19.8. The van der Waals surface area contributed by atoms with E-state index in [0.717, 1.165) is 0 Å². The molecule has 1 aliphatic rings. The fourth-order valence-corrected chi connectivity index (χ4v) is 9.20. The number of benzene rings is 2. The number of hydrogen-bond acceptors (Lipinski definition) is 5. The lowest BCUT2D eigenvalue weighted by molar-refractivity contribution is -0.148. The van der Waals surface area contributed by atoms with E-state index in [0.29, 0.717) is 6.61 Å². The molecule has 34 heavy (non-hydrogen) atoms. The number of hydrogen-bond donors (Lipinski definition) is 2. The lowest BCUT2D eigenvalue weighted by Crippen LogP contribution is -2.72. The standard InChI is InChI=1S/C26H34N2O5Si/c1-18(23-24(25(31)28-23)27-22(30)17-32-19(2)29)16-33-34(26(3,4)5,20-12-8-6-9-13-20)21-14-10-7-11-15-21/h6-15,18,23-24H,16-17H2,1-5H3,(H,27,30)(H,28,31)/t18-,23-,24+/m1/s1. The first kappa shape index (κ1) is 25.6. The first-order chi connectivity index (χ1) is 16.1. The van der Waals surface area contributed by atoms with Crippen LogP contribution in [0.2, 0.25) is 5.04 Å². The van der Waals surface area contributed by atoms with Crippen molar-refractivity contribution in [2.45, 2.75) is 51.7 Å². The van der Waals surface area contributed by atoms with E-state index in [9.17, 15) is 14.4 Å². The molecule has 0 aromatic heterocycles. The monoisotopic (exact) mass is 482 g/mol. The minimum Gasteiger partial charge on any atom is -0.456 e. The maximum absolute atomic E-state index is 12.2. The lowest BCUT2D eigenvalue weighted by atomic mass is 9.88. The Morgan fingerprint density at radius 1 is 1.03 bits per heavy atom. The summed E-state index contributed by atoms with van der Waals surface area (Å²) in [7, 11) is -2.70. The van der Waals surface area contributed by atoms with Gasteiger partial charge < -0.3 is 19.8 Å². The average Bonchev–Trinajstić information content (AvgIpc) is 2.80. The molecule has 2 N–H and O–H groups in total. The van der Waals surface area contributed by atoms with Gasteiger partial charge in [-0.1, -0.05) is 88.4 Å². The van der Waals surface area contributed by atoms with E-state index >= 15 is 0 Å². The number of amides is 2. The Labute approximate surface area is 202 Å². The van der Waals surface area contributed by atoms with Crippen LogP contribution in [0.1, 0.15) is 34.6 Å². The molecule has 182 valence electrons. The molecule has 3 atom stereocenters. The molecule has 7 nitrogen and oxygen atoms in total. The van der Waals surface area contributed by atoms with Crippen molar-refractivity contribution in [1.82, 2.24) is 10.6 Å². The smallest absolute Gasteiger partial charge is 0.303 e. The Kier molecular flexibility index (Phi) is 7.94. The topological polar surface area (TPSA) is 93.7 Å². The summed E-state index contributed by atoms with van der Waals surface area (Å²) in [6.07, 6.45) is 0. The number of esters is 1. The van der Waals surface area contributed by atoms with Crippen LogP contribution < -0.4 is 21.0 Å². The van der Waals surface area contributed by atoms with E-state index in [1.165, 1.54) is 17.3 Å². The van der Waals surface area contributed by atoms with Gasteiger partial charge in [0.25, 0.3) is 14.2 Å². The zero-order valence-corrected chi connectivity index (χ0v) is 21.5. The van der Waals surface area contributed by atoms with Gasteiger partial charge in [-0.25, -0.2) is 0 Å². The highest BCUT2D eigenvalue weighted by Gasteiger charge is 2.51. The Balaban J connectivity index is 1.81. The van der Waals surface area contributed by atoms with Gasteiger partial charge in [-0.05, 0) is 15.4 Å². The third-order valence-corrected chi connectivity index (χ3v) is 11.3. The van der Waals surface area contributed by atoms with Crippen molar-refractivity contribution < 1.29 is 23.5 Å². The molecule has 0 aliphatic carbocycles. The number of carbonyl (C=O) groups excluding carboxylic acids is 3. The van der Waals surface area contributed by atoms with Crippen LogP contribution in [0.15, 0.2) is 60.7 Å². The molecule has 8 heteroatoms. The van der Waals surface area contributed by atoms with Crippen molar-refractivity contribution >= 4 is 36.5 Å². The summed E-state index contributed by atoms with van der Waals surface area (Å²) in [6.45, 7) is 9.89. The minimum absolute atomic E-state index is 0.0571. The van der Waals surface area contributed by atoms with Gasteiger partial charge in [0.1, 0.15) is 6.04 Å². The summed E-state index contributed by atoms with van der Waals surface area (Å²) < 4.78 is 11.7. The van der Waals surface area contributed by atoms with Crippen molar-refractivity contribution in [3.05, 3.63) is 60.7 Å². The summed E-state index contributed by atoms with van der Waals surface area (Å²) in [4.78, 5) is 35.2. The second-order valence-electron chi connectivity index (χ2n) is 9.81. The number of β-lactam (4-membered cyclic amide) rings is 1. The van der Waals surface area contributed by atoms with E-state index in [2.05, 4.69) is 55.7 Å². The number of rotatable bonds is 9. The molecule has 1 saturated heterocycles. The van der Waals surface area contributed by atoms with Crippen LogP contribution >= 0.6 is 0 Å².